The van der Waals surface area contributed by atoms with E-state index in [1.807, 2.05) is 18.7 Å². The Morgan fingerprint density at radius 2 is 2.22 bits per heavy atom. The zero-order valence-electron chi connectivity index (χ0n) is 11.5. The van der Waals surface area contributed by atoms with Gasteiger partial charge < -0.3 is 10.6 Å². The lowest BCUT2D eigenvalue weighted by Crippen LogP contribution is -2.46. The number of nitrogens with two attached hydrogens (primary N) is 1. The number of carbonyl (C=O) groups excluding carboxylic acids is 1. The fraction of sp³-hybridized carbons (Fsp3) is 0.929. The molecule has 1 aliphatic carbocycles. The van der Waals surface area contributed by atoms with E-state index in [0.717, 1.165) is 25.4 Å². The molecule has 0 aromatic carbocycles. The smallest absolute Gasteiger partial charge is 0.239 e. The fourth-order valence-corrected chi connectivity index (χ4v) is 3.71. The summed E-state index contributed by atoms with van der Waals surface area (Å²) in [5.41, 5.74) is 6.32. The molecule has 18 heavy (non-hydrogen) atoms. The van der Waals surface area contributed by atoms with Gasteiger partial charge in [-0.25, -0.2) is 0 Å². The van der Waals surface area contributed by atoms with Gasteiger partial charge in [0.25, 0.3) is 0 Å². The molecule has 2 rings (SSSR count). The molecule has 2 N–H and O–H groups in total. The van der Waals surface area contributed by atoms with Crippen molar-refractivity contribution in [3.63, 3.8) is 0 Å². The SMILES string of the molecule is CC(C)[C@@H](N)C(=O)N1CC[C@]2(CC[C@@H](CCl)C2)C1. The van der Waals surface area contributed by atoms with Gasteiger partial charge in [0.2, 0.25) is 5.91 Å². The van der Waals surface area contributed by atoms with Crippen molar-refractivity contribution in [2.75, 3.05) is 19.0 Å². The number of carbonyl (C=O) groups is 1. The number of rotatable bonds is 3. The summed E-state index contributed by atoms with van der Waals surface area (Å²) < 4.78 is 0. The van der Waals surface area contributed by atoms with E-state index in [1.54, 1.807) is 0 Å². The van der Waals surface area contributed by atoms with Crippen LogP contribution in [-0.2, 0) is 4.79 Å². The van der Waals surface area contributed by atoms with Gasteiger partial charge >= 0.3 is 0 Å². The summed E-state index contributed by atoms with van der Waals surface area (Å²) in [6.07, 6.45) is 4.78. The first kappa shape index (κ1) is 14.1. The predicted molar refractivity (Wildman–Crippen MR) is 74.5 cm³/mol. The molecule has 2 aliphatic rings. The molecule has 0 radical (unpaired) electrons. The number of alkyl halides is 1. The molecule has 1 heterocycles. The summed E-state index contributed by atoms with van der Waals surface area (Å²) in [5.74, 6) is 1.77. The zero-order chi connectivity index (χ0) is 13.3. The van der Waals surface area contributed by atoms with Crippen molar-refractivity contribution < 1.29 is 4.79 Å². The molecule has 1 saturated heterocycles. The van der Waals surface area contributed by atoms with Crippen LogP contribution >= 0.6 is 11.6 Å². The van der Waals surface area contributed by atoms with E-state index in [0.29, 0.717) is 11.3 Å². The first-order valence-electron chi connectivity index (χ1n) is 7.08. The van der Waals surface area contributed by atoms with E-state index in [-0.39, 0.29) is 17.9 Å². The molecule has 0 aromatic heterocycles. The summed E-state index contributed by atoms with van der Waals surface area (Å²) in [4.78, 5) is 14.2. The topological polar surface area (TPSA) is 46.3 Å². The highest BCUT2D eigenvalue weighted by atomic mass is 35.5. The number of halogens is 1. The number of amides is 1. The van der Waals surface area contributed by atoms with E-state index in [2.05, 4.69) is 0 Å². The van der Waals surface area contributed by atoms with Crippen LogP contribution in [0.4, 0.5) is 0 Å². The average Bonchev–Trinajstić information content (AvgIpc) is 2.95. The Balaban J connectivity index is 1.94. The van der Waals surface area contributed by atoms with Crippen molar-refractivity contribution in [3.8, 4) is 0 Å². The standard InChI is InChI=1S/C14H25ClN2O/c1-10(2)12(16)13(18)17-6-5-14(9-17)4-3-11(7-14)8-15/h10-12H,3-9,16H2,1-2H3/t11-,12-,14+/m1/s1. The van der Waals surface area contributed by atoms with E-state index in [1.165, 1.54) is 19.3 Å². The molecule has 0 aromatic rings. The Kier molecular flexibility index (Phi) is 4.22. The van der Waals surface area contributed by atoms with Crippen molar-refractivity contribution >= 4 is 17.5 Å². The Labute approximate surface area is 115 Å². The molecule has 1 amide bonds. The van der Waals surface area contributed by atoms with E-state index in [9.17, 15) is 4.79 Å². The van der Waals surface area contributed by atoms with Crippen molar-refractivity contribution in [1.82, 2.24) is 4.90 Å². The molecule has 0 bridgehead atoms. The van der Waals surface area contributed by atoms with Crippen LogP contribution in [0.2, 0.25) is 0 Å². The monoisotopic (exact) mass is 272 g/mol. The van der Waals surface area contributed by atoms with Gasteiger partial charge in [0.1, 0.15) is 0 Å². The number of hydrogen-bond acceptors (Lipinski definition) is 2. The third kappa shape index (κ3) is 2.67. The summed E-state index contributed by atoms with van der Waals surface area (Å²) in [6, 6.07) is -0.342. The summed E-state index contributed by atoms with van der Waals surface area (Å²) in [5, 5.41) is 0. The molecule has 104 valence electrons. The minimum atomic E-state index is -0.342. The van der Waals surface area contributed by atoms with Crippen molar-refractivity contribution in [1.29, 1.82) is 0 Å². The van der Waals surface area contributed by atoms with Crippen LogP contribution < -0.4 is 5.73 Å². The summed E-state index contributed by atoms with van der Waals surface area (Å²) in [7, 11) is 0. The van der Waals surface area contributed by atoms with Gasteiger partial charge in [-0.1, -0.05) is 13.8 Å². The second-order valence-corrected chi connectivity index (χ2v) is 6.85. The van der Waals surface area contributed by atoms with Crippen LogP contribution in [0.3, 0.4) is 0 Å². The molecular weight excluding hydrogens is 248 g/mol. The van der Waals surface area contributed by atoms with Crippen LogP contribution in [0.15, 0.2) is 0 Å². The lowest BCUT2D eigenvalue weighted by Gasteiger charge is -2.26. The fourth-order valence-electron chi connectivity index (χ4n) is 3.45. The minimum Gasteiger partial charge on any atom is -0.341 e. The van der Waals surface area contributed by atoms with Crippen molar-refractivity contribution in [2.24, 2.45) is 23.0 Å². The highest BCUT2D eigenvalue weighted by molar-refractivity contribution is 6.18. The van der Waals surface area contributed by atoms with Crippen molar-refractivity contribution in [2.45, 2.75) is 45.6 Å². The van der Waals surface area contributed by atoms with Crippen molar-refractivity contribution in [3.05, 3.63) is 0 Å². The van der Waals surface area contributed by atoms with Gasteiger partial charge in [-0.05, 0) is 42.9 Å². The lowest BCUT2D eigenvalue weighted by molar-refractivity contribution is -0.132. The van der Waals surface area contributed by atoms with Gasteiger partial charge in [0, 0.05) is 19.0 Å². The largest absolute Gasteiger partial charge is 0.341 e. The zero-order valence-corrected chi connectivity index (χ0v) is 12.2. The van der Waals surface area contributed by atoms with Crippen LogP contribution in [0, 0.1) is 17.3 Å². The molecule has 1 saturated carbocycles. The predicted octanol–water partition coefficient (Wildman–Crippen LogP) is 2.23. The maximum Gasteiger partial charge on any atom is 0.239 e. The van der Waals surface area contributed by atoms with Gasteiger partial charge in [-0.3, -0.25) is 4.79 Å². The molecule has 0 unspecified atom stereocenters. The number of likely N-dealkylation sites (tertiary alicyclic amines) is 1. The third-order valence-electron chi connectivity index (χ3n) is 4.78. The second-order valence-electron chi connectivity index (χ2n) is 6.54. The summed E-state index contributed by atoms with van der Waals surface area (Å²) in [6.45, 7) is 5.80. The normalized spacial score (nSPS) is 33.6. The van der Waals surface area contributed by atoms with Gasteiger partial charge in [-0.15, -0.1) is 11.6 Å². The van der Waals surface area contributed by atoms with Crippen LogP contribution in [0.1, 0.15) is 39.5 Å². The van der Waals surface area contributed by atoms with Gasteiger partial charge in [-0.2, -0.15) is 0 Å². The quantitative estimate of drug-likeness (QED) is 0.801. The van der Waals surface area contributed by atoms with Gasteiger partial charge in [0.15, 0.2) is 0 Å². The molecular formula is C14H25ClN2O. The number of hydrogen-bond donors (Lipinski definition) is 1. The molecule has 3 nitrogen and oxygen atoms in total. The average molecular weight is 273 g/mol. The number of nitrogens with zero attached hydrogens (tertiary/aromatic N) is 1. The van der Waals surface area contributed by atoms with E-state index in [4.69, 9.17) is 17.3 Å². The Hall–Kier alpha value is -0.280. The molecule has 2 fully saturated rings. The maximum atomic E-state index is 12.3. The minimum absolute atomic E-state index is 0.135. The first-order chi connectivity index (χ1) is 8.47. The summed E-state index contributed by atoms with van der Waals surface area (Å²) >= 11 is 5.96. The molecule has 4 heteroatoms. The maximum absolute atomic E-state index is 12.3. The third-order valence-corrected chi connectivity index (χ3v) is 5.21. The second kappa shape index (κ2) is 5.38. The highest BCUT2D eigenvalue weighted by Gasteiger charge is 2.45. The molecule has 1 aliphatic heterocycles. The molecule has 1 spiro atoms. The Morgan fingerprint density at radius 1 is 1.50 bits per heavy atom. The van der Waals surface area contributed by atoms with Crippen LogP contribution in [0.25, 0.3) is 0 Å². The van der Waals surface area contributed by atoms with E-state index >= 15 is 0 Å². The van der Waals surface area contributed by atoms with Crippen LogP contribution in [0.5, 0.6) is 0 Å². The Morgan fingerprint density at radius 3 is 2.78 bits per heavy atom. The van der Waals surface area contributed by atoms with Crippen LogP contribution in [-0.4, -0.2) is 35.8 Å². The lowest BCUT2D eigenvalue weighted by atomic mass is 9.85. The van der Waals surface area contributed by atoms with E-state index < -0.39 is 0 Å². The Bertz CT molecular complexity index is 321. The molecule has 3 atom stereocenters. The van der Waals surface area contributed by atoms with Gasteiger partial charge in [0.05, 0.1) is 6.04 Å². The highest BCUT2D eigenvalue weighted by Crippen LogP contribution is 2.48. The first-order valence-corrected chi connectivity index (χ1v) is 7.61.